The lowest BCUT2D eigenvalue weighted by Gasteiger charge is -2.07. The summed E-state index contributed by atoms with van der Waals surface area (Å²) in [5.41, 5.74) is 0. The number of carbonyl (C=O) groups excluding carboxylic acids is 1. The summed E-state index contributed by atoms with van der Waals surface area (Å²) in [5.74, 6) is -0.318. The first kappa shape index (κ1) is 13.0. The fourth-order valence-electron chi connectivity index (χ4n) is 1.08. The van der Waals surface area contributed by atoms with Crippen molar-refractivity contribution in [2.75, 3.05) is 0 Å². The van der Waals surface area contributed by atoms with Crippen molar-refractivity contribution < 1.29 is 14.1 Å². The predicted octanol–water partition coefficient (Wildman–Crippen LogP) is 2.12. The van der Waals surface area contributed by atoms with Crippen LogP contribution in [0, 0.1) is 10.1 Å². The van der Waals surface area contributed by atoms with E-state index < -0.39 is 4.92 Å². The molecule has 1 unspecified atom stereocenters. The third kappa shape index (κ3) is 4.10. The SMILES string of the molecule is CCC(C)NC(=O)/C=C/c1ccc([N+](=O)[O-])o1. The van der Waals surface area contributed by atoms with Crippen LogP contribution in [-0.2, 0) is 4.79 Å². The summed E-state index contributed by atoms with van der Waals surface area (Å²) in [7, 11) is 0. The lowest BCUT2D eigenvalue weighted by Crippen LogP contribution is -2.30. The van der Waals surface area contributed by atoms with E-state index in [2.05, 4.69) is 5.32 Å². The van der Waals surface area contributed by atoms with Crippen LogP contribution in [0.5, 0.6) is 0 Å². The van der Waals surface area contributed by atoms with Gasteiger partial charge < -0.3 is 9.73 Å². The standard InChI is InChI=1S/C11H14N2O4/c1-3-8(2)12-10(14)6-4-9-5-7-11(17-9)13(15)16/h4-8H,3H2,1-2H3,(H,12,14)/b6-4+. The third-order valence-corrected chi connectivity index (χ3v) is 2.19. The molecule has 0 aromatic carbocycles. The lowest BCUT2D eigenvalue weighted by molar-refractivity contribution is -0.402. The normalized spacial score (nSPS) is 12.6. The summed E-state index contributed by atoms with van der Waals surface area (Å²) < 4.78 is 4.86. The van der Waals surface area contributed by atoms with E-state index in [1.807, 2.05) is 13.8 Å². The Hall–Kier alpha value is -2.11. The van der Waals surface area contributed by atoms with Gasteiger partial charge in [0.05, 0.1) is 6.07 Å². The maximum atomic E-state index is 11.4. The molecule has 0 aliphatic rings. The Morgan fingerprint density at radius 2 is 2.35 bits per heavy atom. The van der Waals surface area contributed by atoms with Crippen LogP contribution in [0.1, 0.15) is 26.0 Å². The summed E-state index contributed by atoms with van der Waals surface area (Å²) >= 11 is 0. The molecule has 92 valence electrons. The van der Waals surface area contributed by atoms with Crippen molar-refractivity contribution in [3.63, 3.8) is 0 Å². The van der Waals surface area contributed by atoms with Gasteiger partial charge in [0.15, 0.2) is 0 Å². The van der Waals surface area contributed by atoms with Gasteiger partial charge in [-0.05, 0) is 25.5 Å². The van der Waals surface area contributed by atoms with Gasteiger partial charge in [-0.15, -0.1) is 0 Å². The van der Waals surface area contributed by atoms with Crippen molar-refractivity contribution in [2.24, 2.45) is 0 Å². The van der Waals surface area contributed by atoms with Gasteiger partial charge in [0.25, 0.3) is 0 Å². The summed E-state index contributed by atoms with van der Waals surface area (Å²) in [6.07, 6.45) is 3.52. The predicted molar refractivity (Wildman–Crippen MR) is 62.3 cm³/mol. The zero-order valence-corrected chi connectivity index (χ0v) is 9.67. The minimum Gasteiger partial charge on any atom is -0.401 e. The van der Waals surface area contributed by atoms with E-state index in [1.54, 1.807) is 0 Å². The Bertz CT molecular complexity index is 436. The Morgan fingerprint density at radius 3 is 2.88 bits per heavy atom. The Morgan fingerprint density at radius 1 is 1.65 bits per heavy atom. The minimum atomic E-state index is -0.628. The topological polar surface area (TPSA) is 85.4 Å². The second-order valence-electron chi connectivity index (χ2n) is 3.58. The number of nitrogens with one attached hydrogen (secondary N) is 1. The van der Waals surface area contributed by atoms with Crippen molar-refractivity contribution in [3.8, 4) is 0 Å². The zero-order valence-electron chi connectivity index (χ0n) is 9.67. The molecule has 0 saturated heterocycles. The largest absolute Gasteiger partial charge is 0.433 e. The van der Waals surface area contributed by atoms with Crippen molar-refractivity contribution in [3.05, 3.63) is 34.1 Å². The molecule has 1 rings (SSSR count). The summed E-state index contributed by atoms with van der Waals surface area (Å²) in [5, 5.41) is 13.1. The Labute approximate surface area is 98.5 Å². The number of nitrogens with zero attached hydrogens (tertiary/aromatic N) is 1. The van der Waals surface area contributed by atoms with Crippen molar-refractivity contribution >= 4 is 17.9 Å². The van der Waals surface area contributed by atoms with Crippen LogP contribution < -0.4 is 5.32 Å². The number of furan rings is 1. The number of hydrogen-bond acceptors (Lipinski definition) is 4. The highest BCUT2D eigenvalue weighted by Crippen LogP contribution is 2.16. The van der Waals surface area contributed by atoms with Crippen LogP contribution >= 0.6 is 0 Å². The quantitative estimate of drug-likeness (QED) is 0.483. The smallest absolute Gasteiger partial charge is 0.401 e. The van der Waals surface area contributed by atoms with E-state index >= 15 is 0 Å². The Kier molecular flexibility index (Phi) is 4.45. The molecular weight excluding hydrogens is 224 g/mol. The second kappa shape index (κ2) is 5.83. The molecule has 1 N–H and O–H groups in total. The van der Waals surface area contributed by atoms with Crippen LogP contribution in [0.4, 0.5) is 5.88 Å². The molecule has 0 bridgehead atoms. The molecule has 1 aromatic heterocycles. The highest BCUT2D eigenvalue weighted by atomic mass is 16.6. The first-order valence-corrected chi connectivity index (χ1v) is 5.25. The van der Waals surface area contributed by atoms with Crippen LogP contribution in [0.25, 0.3) is 6.08 Å². The van der Waals surface area contributed by atoms with Crippen LogP contribution in [0.2, 0.25) is 0 Å². The minimum absolute atomic E-state index is 0.0955. The van der Waals surface area contributed by atoms with Gasteiger partial charge in [-0.3, -0.25) is 14.9 Å². The number of carbonyl (C=O) groups is 1. The van der Waals surface area contributed by atoms with Crippen LogP contribution in [-0.4, -0.2) is 16.9 Å². The zero-order chi connectivity index (χ0) is 12.8. The molecule has 0 fully saturated rings. The summed E-state index contributed by atoms with van der Waals surface area (Å²) in [6, 6.07) is 2.77. The number of nitro groups is 1. The van der Waals surface area contributed by atoms with E-state index in [-0.39, 0.29) is 23.6 Å². The maximum Gasteiger partial charge on any atom is 0.433 e. The fraction of sp³-hybridized carbons (Fsp3) is 0.364. The second-order valence-corrected chi connectivity index (χ2v) is 3.58. The number of amides is 1. The van der Waals surface area contributed by atoms with Gasteiger partial charge in [-0.1, -0.05) is 6.92 Å². The fourth-order valence-corrected chi connectivity index (χ4v) is 1.08. The maximum absolute atomic E-state index is 11.4. The van der Waals surface area contributed by atoms with Gasteiger partial charge in [-0.25, -0.2) is 0 Å². The summed E-state index contributed by atoms with van der Waals surface area (Å²) in [4.78, 5) is 21.1. The van der Waals surface area contributed by atoms with E-state index in [0.717, 1.165) is 6.42 Å². The first-order chi connectivity index (χ1) is 8.02. The Balaban J connectivity index is 2.58. The van der Waals surface area contributed by atoms with Gasteiger partial charge >= 0.3 is 5.88 Å². The van der Waals surface area contributed by atoms with E-state index in [9.17, 15) is 14.9 Å². The molecule has 1 atom stereocenters. The van der Waals surface area contributed by atoms with Gasteiger partial charge in [0.1, 0.15) is 10.7 Å². The van der Waals surface area contributed by atoms with Gasteiger partial charge in [-0.2, -0.15) is 0 Å². The van der Waals surface area contributed by atoms with E-state index in [0.29, 0.717) is 0 Å². The molecular formula is C11H14N2O4. The third-order valence-electron chi connectivity index (χ3n) is 2.19. The van der Waals surface area contributed by atoms with E-state index in [1.165, 1.54) is 24.3 Å². The van der Waals surface area contributed by atoms with Gasteiger partial charge in [0, 0.05) is 12.1 Å². The molecule has 6 heteroatoms. The van der Waals surface area contributed by atoms with E-state index in [4.69, 9.17) is 4.42 Å². The van der Waals surface area contributed by atoms with Gasteiger partial charge in [0.2, 0.25) is 5.91 Å². The molecule has 0 spiro atoms. The molecule has 6 nitrogen and oxygen atoms in total. The molecule has 0 aliphatic heterocycles. The van der Waals surface area contributed by atoms with Crippen molar-refractivity contribution in [2.45, 2.75) is 26.3 Å². The molecule has 1 aromatic rings. The van der Waals surface area contributed by atoms with Crippen LogP contribution in [0.3, 0.4) is 0 Å². The number of hydrogen-bond donors (Lipinski definition) is 1. The summed E-state index contributed by atoms with van der Waals surface area (Å²) in [6.45, 7) is 3.86. The highest BCUT2D eigenvalue weighted by Gasteiger charge is 2.10. The average molecular weight is 238 g/mol. The number of rotatable bonds is 5. The molecule has 0 aliphatic carbocycles. The average Bonchev–Trinajstić information content (AvgIpc) is 2.75. The molecule has 1 amide bonds. The molecule has 1 heterocycles. The monoisotopic (exact) mass is 238 g/mol. The molecule has 0 radical (unpaired) electrons. The van der Waals surface area contributed by atoms with Crippen molar-refractivity contribution in [1.29, 1.82) is 0 Å². The van der Waals surface area contributed by atoms with Crippen LogP contribution in [0.15, 0.2) is 22.6 Å². The van der Waals surface area contributed by atoms with Crippen molar-refractivity contribution in [1.82, 2.24) is 5.32 Å². The lowest BCUT2D eigenvalue weighted by atomic mass is 10.2. The first-order valence-electron chi connectivity index (χ1n) is 5.25. The highest BCUT2D eigenvalue weighted by molar-refractivity contribution is 5.91. The molecule has 17 heavy (non-hydrogen) atoms. The molecule has 0 saturated carbocycles.